The molecule has 6 heteroatoms. The van der Waals surface area contributed by atoms with Gasteiger partial charge in [0, 0.05) is 16.6 Å². The molecule has 0 radical (unpaired) electrons. The summed E-state index contributed by atoms with van der Waals surface area (Å²) in [7, 11) is 0. The standard InChI is InChI=1S/C13H14BrNO4/c1-8-6-9(14)2-3-10(8)12(16)15-4-5-19-11(7-15)13(17)18/h2-3,6,11H,4-5,7H2,1H3,(H,17,18)/t11-/m1/s1. The highest BCUT2D eigenvalue weighted by Gasteiger charge is 2.29. The van der Waals surface area contributed by atoms with Crippen molar-refractivity contribution in [3.63, 3.8) is 0 Å². The van der Waals surface area contributed by atoms with E-state index in [1.807, 2.05) is 13.0 Å². The van der Waals surface area contributed by atoms with Gasteiger partial charge < -0.3 is 14.7 Å². The van der Waals surface area contributed by atoms with E-state index in [-0.39, 0.29) is 19.1 Å². The number of carboxylic acids is 1. The Morgan fingerprint density at radius 1 is 1.47 bits per heavy atom. The van der Waals surface area contributed by atoms with Gasteiger partial charge in [-0.15, -0.1) is 0 Å². The lowest BCUT2D eigenvalue weighted by Gasteiger charge is -2.31. The molecule has 0 aromatic heterocycles. The molecule has 1 aliphatic heterocycles. The predicted octanol–water partition coefficient (Wildman–Crippen LogP) is 1.68. The van der Waals surface area contributed by atoms with E-state index in [1.165, 1.54) is 4.90 Å². The summed E-state index contributed by atoms with van der Waals surface area (Å²) in [5, 5.41) is 8.93. The van der Waals surface area contributed by atoms with Crippen LogP contribution in [-0.2, 0) is 9.53 Å². The van der Waals surface area contributed by atoms with Crippen LogP contribution in [0.2, 0.25) is 0 Å². The van der Waals surface area contributed by atoms with Gasteiger partial charge in [-0.2, -0.15) is 0 Å². The maximum atomic E-state index is 12.4. The minimum Gasteiger partial charge on any atom is -0.479 e. The summed E-state index contributed by atoms with van der Waals surface area (Å²) in [5.74, 6) is -1.19. The number of carbonyl (C=O) groups excluding carboxylic acids is 1. The number of benzene rings is 1. The van der Waals surface area contributed by atoms with E-state index in [2.05, 4.69) is 15.9 Å². The molecular weight excluding hydrogens is 314 g/mol. The van der Waals surface area contributed by atoms with Crippen molar-refractivity contribution in [2.24, 2.45) is 0 Å². The molecular formula is C13H14BrNO4. The molecule has 1 fully saturated rings. The first kappa shape index (κ1) is 14.0. The van der Waals surface area contributed by atoms with Gasteiger partial charge in [0.25, 0.3) is 5.91 Å². The van der Waals surface area contributed by atoms with Crippen molar-refractivity contribution in [2.45, 2.75) is 13.0 Å². The number of carboxylic acid groups (broad SMARTS) is 1. The van der Waals surface area contributed by atoms with Crippen molar-refractivity contribution in [1.29, 1.82) is 0 Å². The second-order valence-electron chi connectivity index (χ2n) is 4.41. The smallest absolute Gasteiger partial charge is 0.334 e. The van der Waals surface area contributed by atoms with E-state index in [4.69, 9.17) is 9.84 Å². The van der Waals surface area contributed by atoms with Gasteiger partial charge >= 0.3 is 5.97 Å². The van der Waals surface area contributed by atoms with Crippen LogP contribution < -0.4 is 0 Å². The van der Waals surface area contributed by atoms with Crippen molar-refractivity contribution in [3.05, 3.63) is 33.8 Å². The normalized spacial score (nSPS) is 19.3. The van der Waals surface area contributed by atoms with Crippen LogP contribution in [0, 0.1) is 6.92 Å². The number of aryl methyl sites for hydroxylation is 1. The van der Waals surface area contributed by atoms with Gasteiger partial charge in [0.2, 0.25) is 0 Å². The number of rotatable bonds is 2. The summed E-state index contributed by atoms with van der Waals surface area (Å²) in [5.41, 5.74) is 1.45. The molecule has 19 heavy (non-hydrogen) atoms. The number of morpholine rings is 1. The summed E-state index contributed by atoms with van der Waals surface area (Å²) >= 11 is 3.35. The quantitative estimate of drug-likeness (QED) is 0.897. The topological polar surface area (TPSA) is 66.8 Å². The number of halogens is 1. The Hall–Kier alpha value is -1.40. The summed E-state index contributed by atoms with van der Waals surface area (Å²) in [4.78, 5) is 24.8. The largest absolute Gasteiger partial charge is 0.479 e. The molecule has 102 valence electrons. The fraction of sp³-hybridized carbons (Fsp3) is 0.385. The molecule has 0 bridgehead atoms. The van der Waals surface area contributed by atoms with Gasteiger partial charge in [-0.05, 0) is 30.7 Å². The first-order valence-electron chi connectivity index (χ1n) is 5.89. The second kappa shape index (κ2) is 5.71. The number of hydrogen-bond donors (Lipinski definition) is 1. The van der Waals surface area contributed by atoms with Gasteiger partial charge in [0.1, 0.15) is 0 Å². The molecule has 0 unspecified atom stereocenters. The van der Waals surface area contributed by atoms with Gasteiger partial charge in [0.05, 0.1) is 13.2 Å². The number of aliphatic carboxylic acids is 1. The summed E-state index contributed by atoms with van der Waals surface area (Å²) in [6.45, 7) is 2.60. The lowest BCUT2D eigenvalue weighted by Crippen LogP contribution is -2.48. The Morgan fingerprint density at radius 2 is 2.21 bits per heavy atom. The first-order chi connectivity index (χ1) is 8.99. The van der Waals surface area contributed by atoms with Gasteiger partial charge in [-0.25, -0.2) is 4.79 Å². The van der Waals surface area contributed by atoms with Crippen LogP contribution in [0.25, 0.3) is 0 Å². The Kier molecular flexibility index (Phi) is 4.21. The van der Waals surface area contributed by atoms with Crippen LogP contribution in [0.5, 0.6) is 0 Å². The number of amides is 1. The molecule has 1 heterocycles. The third kappa shape index (κ3) is 3.13. The number of carbonyl (C=O) groups is 2. The average molecular weight is 328 g/mol. The van der Waals surface area contributed by atoms with Crippen molar-refractivity contribution >= 4 is 27.8 Å². The van der Waals surface area contributed by atoms with Crippen LogP contribution in [0.15, 0.2) is 22.7 Å². The summed E-state index contributed by atoms with van der Waals surface area (Å²) < 4.78 is 6.01. The van der Waals surface area contributed by atoms with Crippen molar-refractivity contribution in [2.75, 3.05) is 19.7 Å². The number of ether oxygens (including phenoxy) is 1. The van der Waals surface area contributed by atoms with Crippen molar-refractivity contribution in [1.82, 2.24) is 4.90 Å². The van der Waals surface area contributed by atoms with Crippen molar-refractivity contribution in [3.8, 4) is 0 Å². The average Bonchev–Trinajstić information content (AvgIpc) is 2.38. The molecule has 1 aromatic rings. The molecule has 5 nitrogen and oxygen atoms in total. The highest BCUT2D eigenvalue weighted by Crippen LogP contribution is 2.18. The zero-order valence-corrected chi connectivity index (χ0v) is 12.0. The van der Waals surface area contributed by atoms with E-state index < -0.39 is 12.1 Å². The molecule has 0 saturated carbocycles. The van der Waals surface area contributed by atoms with Gasteiger partial charge in [0.15, 0.2) is 6.10 Å². The van der Waals surface area contributed by atoms with Crippen LogP contribution in [0.1, 0.15) is 15.9 Å². The fourth-order valence-corrected chi connectivity index (χ4v) is 2.50. The fourth-order valence-electron chi connectivity index (χ4n) is 2.02. The molecule has 2 rings (SSSR count). The Bertz CT molecular complexity index is 517. The third-order valence-corrected chi connectivity index (χ3v) is 3.54. The van der Waals surface area contributed by atoms with E-state index in [0.717, 1.165) is 10.0 Å². The highest BCUT2D eigenvalue weighted by atomic mass is 79.9. The van der Waals surface area contributed by atoms with Gasteiger partial charge in [-0.1, -0.05) is 15.9 Å². The van der Waals surface area contributed by atoms with Crippen LogP contribution in [0.3, 0.4) is 0 Å². The molecule has 0 spiro atoms. The van der Waals surface area contributed by atoms with Crippen LogP contribution in [-0.4, -0.2) is 47.7 Å². The lowest BCUT2D eigenvalue weighted by atomic mass is 10.1. The van der Waals surface area contributed by atoms with Crippen LogP contribution >= 0.6 is 15.9 Å². The van der Waals surface area contributed by atoms with Gasteiger partial charge in [-0.3, -0.25) is 4.79 Å². The molecule has 1 aliphatic rings. The zero-order valence-electron chi connectivity index (χ0n) is 10.4. The predicted molar refractivity (Wildman–Crippen MR) is 72.2 cm³/mol. The minimum absolute atomic E-state index is 0.0870. The van der Waals surface area contributed by atoms with E-state index >= 15 is 0 Å². The SMILES string of the molecule is Cc1cc(Br)ccc1C(=O)N1CCO[C@@H](C(=O)O)C1. The highest BCUT2D eigenvalue weighted by molar-refractivity contribution is 9.10. The monoisotopic (exact) mass is 327 g/mol. The third-order valence-electron chi connectivity index (χ3n) is 3.05. The number of hydrogen-bond acceptors (Lipinski definition) is 3. The molecule has 0 aliphatic carbocycles. The maximum absolute atomic E-state index is 12.4. The molecule has 1 amide bonds. The van der Waals surface area contributed by atoms with E-state index in [9.17, 15) is 9.59 Å². The number of nitrogens with zero attached hydrogens (tertiary/aromatic N) is 1. The van der Waals surface area contributed by atoms with Crippen LogP contribution in [0.4, 0.5) is 0 Å². The summed E-state index contributed by atoms with van der Waals surface area (Å²) in [6, 6.07) is 5.41. The van der Waals surface area contributed by atoms with Crippen molar-refractivity contribution < 1.29 is 19.4 Å². The Balaban J connectivity index is 2.17. The second-order valence-corrected chi connectivity index (χ2v) is 5.32. The molecule has 1 aromatic carbocycles. The zero-order chi connectivity index (χ0) is 14.0. The Labute approximate surface area is 119 Å². The molecule has 1 atom stereocenters. The lowest BCUT2D eigenvalue weighted by molar-refractivity contribution is -0.154. The van der Waals surface area contributed by atoms with E-state index in [0.29, 0.717) is 12.1 Å². The summed E-state index contributed by atoms with van der Waals surface area (Å²) in [6.07, 6.45) is -0.937. The maximum Gasteiger partial charge on any atom is 0.334 e. The van der Waals surface area contributed by atoms with E-state index in [1.54, 1.807) is 12.1 Å². The molecule has 1 N–H and O–H groups in total. The molecule has 1 saturated heterocycles. The first-order valence-corrected chi connectivity index (χ1v) is 6.68. The Morgan fingerprint density at radius 3 is 2.84 bits per heavy atom. The minimum atomic E-state index is -1.04.